The number of hydrogen-bond donors (Lipinski definition) is 1. The van der Waals surface area contributed by atoms with Gasteiger partial charge in [0.15, 0.2) is 0 Å². The molecule has 2 heterocycles. The minimum Gasteiger partial charge on any atom is -0.487 e. The van der Waals surface area contributed by atoms with Crippen molar-refractivity contribution in [1.29, 1.82) is 5.26 Å². The van der Waals surface area contributed by atoms with Gasteiger partial charge in [-0.05, 0) is 30.3 Å². The van der Waals surface area contributed by atoms with E-state index in [-0.39, 0.29) is 24.2 Å². The van der Waals surface area contributed by atoms with Gasteiger partial charge in [-0.1, -0.05) is 0 Å². The van der Waals surface area contributed by atoms with Crippen LogP contribution >= 0.6 is 0 Å². The van der Waals surface area contributed by atoms with Crippen LogP contribution in [0.3, 0.4) is 0 Å². The molecule has 1 aliphatic rings. The molecule has 1 saturated heterocycles. The number of carbonyl (C=O) groups is 1. The minimum atomic E-state index is -0.446. The molecule has 0 bridgehead atoms. The van der Waals surface area contributed by atoms with Crippen LogP contribution in [0, 0.1) is 17.1 Å². The highest BCUT2D eigenvalue weighted by atomic mass is 19.1. The average Bonchev–Trinajstić information content (AvgIpc) is 3.10. The predicted molar refractivity (Wildman–Crippen MR) is 88.2 cm³/mol. The van der Waals surface area contributed by atoms with E-state index >= 15 is 0 Å². The Balaban J connectivity index is 1.52. The van der Waals surface area contributed by atoms with E-state index in [2.05, 4.69) is 10.3 Å². The molecule has 1 aromatic heterocycles. The first-order valence-electron chi connectivity index (χ1n) is 7.93. The monoisotopic (exact) mass is 340 g/mol. The van der Waals surface area contributed by atoms with Crippen LogP contribution in [0.2, 0.25) is 0 Å². The van der Waals surface area contributed by atoms with Gasteiger partial charge < -0.3 is 15.0 Å². The van der Waals surface area contributed by atoms with Gasteiger partial charge in [0.25, 0.3) is 0 Å². The number of amides is 2. The van der Waals surface area contributed by atoms with Crippen molar-refractivity contribution < 1.29 is 13.9 Å². The third kappa shape index (κ3) is 4.23. The second-order valence-corrected chi connectivity index (χ2v) is 5.74. The molecular formula is C18H17FN4O2. The summed E-state index contributed by atoms with van der Waals surface area (Å²) in [5, 5.41) is 11.6. The van der Waals surface area contributed by atoms with Gasteiger partial charge in [-0.2, -0.15) is 5.26 Å². The molecule has 2 amide bonds. The van der Waals surface area contributed by atoms with Gasteiger partial charge in [-0.25, -0.2) is 9.18 Å². The van der Waals surface area contributed by atoms with Crippen molar-refractivity contribution in [2.45, 2.75) is 19.1 Å². The molecule has 0 aliphatic carbocycles. The maximum Gasteiger partial charge on any atom is 0.317 e. The largest absolute Gasteiger partial charge is 0.487 e. The van der Waals surface area contributed by atoms with E-state index in [0.717, 1.165) is 6.42 Å². The number of rotatable bonds is 4. The summed E-state index contributed by atoms with van der Waals surface area (Å²) in [4.78, 5) is 17.9. The first-order chi connectivity index (χ1) is 12.2. The minimum absolute atomic E-state index is 0.0326. The summed E-state index contributed by atoms with van der Waals surface area (Å²) < 4.78 is 19.5. The highest BCUT2D eigenvalue weighted by Crippen LogP contribution is 2.17. The van der Waals surface area contributed by atoms with Crippen molar-refractivity contribution >= 4 is 6.03 Å². The Morgan fingerprint density at radius 2 is 2.36 bits per heavy atom. The highest BCUT2D eigenvalue weighted by Gasteiger charge is 2.27. The maximum absolute atomic E-state index is 13.7. The van der Waals surface area contributed by atoms with Gasteiger partial charge in [0.05, 0.1) is 24.4 Å². The third-order valence-electron chi connectivity index (χ3n) is 3.97. The van der Waals surface area contributed by atoms with Crippen molar-refractivity contribution in [3.8, 4) is 11.8 Å². The van der Waals surface area contributed by atoms with Crippen LogP contribution in [0.15, 0.2) is 42.7 Å². The number of aromatic nitrogens is 1. The van der Waals surface area contributed by atoms with Gasteiger partial charge in [0.2, 0.25) is 0 Å². The van der Waals surface area contributed by atoms with Gasteiger partial charge in [0.1, 0.15) is 17.7 Å². The topological polar surface area (TPSA) is 78.2 Å². The van der Waals surface area contributed by atoms with Gasteiger partial charge in [-0.15, -0.1) is 0 Å². The number of hydrogen-bond acceptors (Lipinski definition) is 4. The van der Waals surface area contributed by atoms with Gasteiger partial charge >= 0.3 is 6.03 Å². The number of likely N-dealkylation sites (tertiary alicyclic amines) is 1. The van der Waals surface area contributed by atoms with E-state index in [1.54, 1.807) is 23.4 Å². The van der Waals surface area contributed by atoms with E-state index < -0.39 is 5.82 Å². The van der Waals surface area contributed by atoms with E-state index in [0.29, 0.717) is 24.4 Å². The van der Waals surface area contributed by atoms with E-state index in [9.17, 15) is 9.18 Å². The lowest BCUT2D eigenvalue weighted by atomic mass is 10.1. The number of ether oxygens (including phenoxy) is 1. The van der Waals surface area contributed by atoms with Crippen LogP contribution in [0.1, 0.15) is 17.5 Å². The van der Waals surface area contributed by atoms with Crippen LogP contribution in [0.25, 0.3) is 0 Å². The lowest BCUT2D eigenvalue weighted by Gasteiger charge is -2.18. The van der Waals surface area contributed by atoms with Crippen molar-refractivity contribution in [3.05, 3.63) is 59.7 Å². The Labute approximate surface area is 144 Å². The SMILES string of the molecule is N#Cc1ccc(F)c(CNC(=O)N2CC[C@H](Oc3cccnc3)C2)c1. The van der Waals surface area contributed by atoms with Crippen molar-refractivity contribution in [3.63, 3.8) is 0 Å². The Bertz CT molecular complexity index is 791. The Morgan fingerprint density at radius 1 is 1.48 bits per heavy atom. The predicted octanol–water partition coefficient (Wildman–Crippen LogP) is 2.46. The molecule has 0 saturated carbocycles. The summed E-state index contributed by atoms with van der Waals surface area (Å²) in [6.45, 7) is 1.06. The molecule has 1 aromatic carbocycles. The molecule has 1 aliphatic heterocycles. The zero-order valence-electron chi connectivity index (χ0n) is 13.5. The standard InChI is InChI=1S/C18H17FN4O2/c19-17-4-3-13(9-20)8-14(17)10-22-18(24)23-7-5-16(12-23)25-15-2-1-6-21-11-15/h1-4,6,8,11,16H,5,7,10,12H2,(H,22,24)/t16-/m0/s1. The van der Waals surface area contributed by atoms with Crippen LogP contribution in [0.4, 0.5) is 9.18 Å². The van der Waals surface area contributed by atoms with Crippen molar-refractivity contribution in [1.82, 2.24) is 15.2 Å². The summed E-state index contributed by atoms with van der Waals surface area (Å²) in [6, 6.07) is 9.36. The fraction of sp³-hybridized carbons (Fsp3) is 0.278. The van der Waals surface area contributed by atoms with Crippen molar-refractivity contribution in [2.75, 3.05) is 13.1 Å². The second kappa shape index (κ2) is 7.62. The zero-order valence-corrected chi connectivity index (χ0v) is 13.5. The van der Waals surface area contributed by atoms with E-state index in [1.807, 2.05) is 12.1 Å². The fourth-order valence-corrected chi connectivity index (χ4v) is 2.68. The molecule has 2 aromatic rings. The lowest BCUT2D eigenvalue weighted by molar-refractivity contribution is 0.186. The van der Waals surface area contributed by atoms with Gasteiger partial charge in [0, 0.05) is 31.3 Å². The third-order valence-corrected chi connectivity index (χ3v) is 3.97. The average molecular weight is 340 g/mol. The molecule has 1 fully saturated rings. The molecule has 6 nitrogen and oxygen atoms in total. The molecule has 3 rings (SSSR count). The van der Waals surface area contributed by atoms with E-state index in [4.69, 9.17) is 10.00 Å². The summed E-state index contributed by atoms with van der Waals surface area (Å²) in [7, 11) is 0. The molecule has 128 valence electrons. The molecule has 1 atom stereocenters. The molecule has 0 unspecified atom stereocenters. The van der Waals surface area contributed by atoms with Gasteiger partial charge in [-0.3, -0.25) is 4.98 Å². The summed E-state index contributed by atoms with van der Waals surface area (Å²) in [5.41, 5.74) is 0.645. The Morgan fingerprint density at radius 3 is 3.12 bits per heavy atom. The second-order valence-electron chi connectivity index (χ2n) is 5.74. The smallest absolute Gasteiger partial charge is 0.317 e. The quantitative estimate of drug-likeness (QED) is 0.927. The number of pyridine rings is 1. The van der Waals surface area contributed by atoms with E-state index in [1.165, 1.54) is 18.2 Å². The normalized spacial score (nSPS) is 16.3. The molecule has 0 radical (unpaired) electrons. The number of benzene rings is 1. The van der Waals surface area contributed by atoms with Crippen LogP contribution in [-0.4, -0.2) is 35.1 Å². The molecular weight excluding hydrogens is 323 g/mol. The zero-order chi connectivity index (χ0) is 17.6. The number of carbonyl (C=O) groups excluding carboxylic acids is 1. The fourth-order valence-electron chi connectivity index (χ4n) is 2.68. The molecule has 1 N–H and O–H groups in total. The molecule has 0 spiro atoms. The summed E-state index contributed by atoms with van der Waals surface area (Å²) in [5.74, 6) is 0.226. The highest BCUT2D eigenvalue weighted by molar-refractivity contribution is 5.74. The number of nitriles is 1. The summed E-state index contributed by atoms with van der Waals surface area (Å²) >= 11 is 0. The first kappa shape index (κ1) is 16.7. The first-order valence-corrected chi connectivity index (χ1v) is 7.93. The number of nitrogens with zero attached hydrogens (tertiary/aromatic N) is 3. The van der Waals surface area contributed by atoms with Crippen LogP contribution < -0.4 is 10.1 Å². The van der Waals surface area contributed by atoms with Crippen LogP contribution in [-0.2, 0) is 6.54 Å². The van der Waals surface area contributed by atoms with Crippen LogP contribution in [0.5, 0.6) is 5.75 Å². The Hall–Kier alpha value is -3.14. The number of halogens is 1. The Kier molecular flexibility index (Phi) is 5.09. The number of urea groups is 1. The number of nitrogens with one attached hydrogen (secondary N) is 1. The van der Waals surface area contributed by atoms with Crippen molar-refractivity contribution in [2.24, 2.45) is 0 Å². The summed E-state index contributed by atoms with van der Waals surface area (Å²) in [6.07, 6.45) is 3.93. The lowest BCUT2D eigenvalue weighted by Crippen LogP contribution is -2.39. The molecule has 25 heavy (non-hydrogen) atoms. The maximum atomic E-state index is 13.7. The molecule has 7 heteroatoms.